The molecule has 0 saturated carbocycles. The Labute approximate surface area is 128 Å². The summed E-state index contributed by atoms with van der Waals surface area (Å²) in [5.74, 6) is -2.37. The number of hydrogen-bond acceptors (Lipinski definition) is 3. The van der Waals surface area contributed by atoms with Crippen LogP contribution in [0.1, 0.15) is 38.1 Å². The molecule has 3 amide bonds. The Morgan fingerprint density at radius 1 is 1.09 bits per heavy atom. The number of halogens is 1. The van der Waals surface area contributed by atoms with E-state index in [1.165, 1.54) is 25.1 Å². The van der Waals surface area contributed by atoms with Crippen molar-refractivity contribution >= 4 is 17.7 Å². The number of rotatable bonds is 3. The van der Waals surface area contributed by atoms with E-state index in [0.29, 0.717) is 0 Å². The van der Waals surface area contributed by atoms with E-state index in [2.05, 4.69) is 16.2 Å². The van der Waals surface area contributed by atoms with Crippen molar-refractivity contribution in [3.63, 3.8) is 0 Å². The molecule has 0 saturated heterocycles. The average molecular weight is 309 g/mol. The van der Waals surface area contributed by atoms with Gasteiger partial charge in [0.05, 0.1) is 5.56 Å². The van der Waals surface area contributed by atoms with Crippen molar-refractivity contribution in [2.24, 2.45) is 5.41 Å². The van der Waals surface area contributed by atoms with Gasteiger partial charge in [0.1, 0.15) is 11.9 Å². The third kappa shape index (κ3) is 4.83. The number of amides is 3. The summed E-state index contributed by atoms with van der Waals surface area (Å²) in [6.07, 6.45) is 0. The summed E-state index contributed by atoms with van der Waals surface area (Å²) in [4.78, 5) is 35.3. The van der Waals surface area contributed by atoms with E-state index in [4.69, 9.17) is 0 Å². The van der Waals surface area contributed by atoms with Crippen molar-refractivity contribution in [2.45, 2.75) is 33.7 Å². The SMILES string of the molecule is CC(NC(=O)C(C)(C)C)C(=O)NNC(=O)c1ccccc1F. The lowest BCUT2D eigenvalue weighted by Crippen LogP contribution is -2.52. The van der Waals surface area contributed by atoms with Gasteiger partial charge < -0.3 is 5.32 Å². The van der Waals surface area contributed by atoms with Gasteiger partial charge in [-0.2, -0.15) is 0 Å². The van der Waals surface area contributed by atoms with E-state index < -0.39 is 29.1 Å². The van der Waals surface area contributed by atoms with Crippen LogP contribution in [0.2, 0.25) is 0 Å². The topological polar surface area (TPSA) is 87.3 Å². The summed E-state index contributed by atoms with van der Waals surface area (Å²) in [5, 5.41) is 2.52. The summed E-state index contributed by atoms with van der Waals surface area (Å²) >= 11 is 0. The van der Waals surface area contributed by atoms with Gasteiger partial charge in [-0.15, -0.1) is 0 Å². The molecule has 1 aromatic carbocycles. The fraction of sp³-hybridized carbons (Fsp3) is 0.400. The fourth-order valence-electron chi connectivity index (χ4n) is 1.42. The third-order valence-electron chi connectivity index (χ3n) is 2.84. The first-order valence-electron chi connectivity index (χ1n) is 6.78. The molecule has 0 aliphatic carbocycles. The van der Waals surface area contributed by atoms with Crippen LogP contribution in [-0.2, 0) is 9.59 Å². The number of hydrazine groups is 1. The quantitative estimate of drug-likeness (QED) is 0.732. The summed E-state index contributed by atoms with van der Waals surface area (Å²) in [5.41, 5.74) is 3.43. The second-order valence-corrected chi connectivity index (χ2v) is 5.87. The van der Waals surface area contributed by atoms with Crippen LogP contribution in [0.25, 0.3) is 0 Å². The third-order valence-corrected chi connectivity index (χ3v) is 2.84. The number of carbonyl (C=O) groups is 3. The minimum atomic E-state index is -0.840. The van der Waals surface area contributed by atoms with Crippen LogP contribution in [0.4, 0.5) is 4.39 Å². The lowest BCUT2D eigenvalue weighted by Gasteiger charge is -2.21. The highest BCUT2D eigenvalue weighted by Crippen LogP contribution is 2.12. The van der Waals surface area contributed by atoms with Crippen LogP contribution >= 0.6 is 0 Å². The molecular weight excluding hydrogens is 289 g/mol. The molecule has 1 atom stereocenters. The molecule has 3 N–H and O–H groups in total. The molecule has 1 aromatic rings. The van der Waals surface area contributed by atoms with Crippen molar-refractivity contribution in [3.8, 4) is 0 Å². The van der Waals surface area contributed by atoms with Gasteiger partial charge in [-0.1, -0.05) is 32.9 Å². The number of benzene rings is 1. The normalized spacial score (nSPS) is 12.2. The molecule has 7 heteroatoms. The summed E-state index contributed by atoms with van der Waals surface area (Å²) < 4.78 is 13.4. The van der Waals surface area contributed by atoms with Crippen LogP contribution in [0.3, 0.4) is 0 Å². The van der Waals surface area contributed by atoms with Crippen molar-refractivity contribution in [2.75, 3.05) is 0 Å². The molecule has 6 nitrogen and oxygen atoms in total. The lowest BCUT2D eigenvalue weighted by atomic mass is 9.95. The molecule has 0 aliphatic heterocycles. The highest BCUT2D eigenvalue weighted by atomic mass is 19.1. The first kappa shape index (κ1) is 17.6. The largest absolute Gasteiger partial charge is 0.344 e. The zero-order valence-electron chi connectivity index (χ0n) is 13.0. The molecule has 0 bridgehead atoms. The van der Waals surface area contributed by atoms with E-state index in [-0.39, 0.29) is 11.5 Å². The van der Waals surface area contributed by atoms with Crippen molar-refractivity contribution < 1.29 is 18.8 Å². The minimum absolute atomic E-state index is 0.186. The molecule has 0 heterocycles. The minimum Gasteiger partial charge on any atom is -0.344 e. The van der Waals surface area contributed by atoms with Crippen LogP contribution < -0.4 is 16.2 Å². The summed E-state index contributed by atoms with van der Waals surface area (Å²) in [6.45, 7) is 6.63. The predicted octanol–water partition coefficient (Wildman–Crippen LogP) is 1.14. The van der Waals surface area contributed by atoms with Gasteiger partial charge in [-0.05, 0) is 19.1 Å². The molecule has 0 fully saturated rings. The number of hydrogen-bond donors (Lipinski definition) is 3. The molecule has 1 rings (SSSR count). The molecule has 120 valence electrons. The van der Waals surface area contributed by atoms with Crippen LogP contribution in [0.5, 0.6) is 0 Å². The maximum atomic E-state index is 13.4. The zero-order chi connectivity index (χ0) is 16.9. The Morgan fingerprint density at radius 2 is 1.68 bits per heavy atom. The second kappa shape index (κ2) is 7.02. The lowest BCUT2D eigenvalue weighted by molar-refractivity contribution is -0.133. The van der Waals surface area contributed by atoms with Crippen LogP contribution in [0.15, 0.2) is 24.3 Å². The second-order valence-electron chi connectivity index (χ2n) is 5.87. The summed E-state index contributed by atoms with van der Waals surface area (Å²) in [6, 6.07) is 4.55. The van der Waals surface area contributed by atoms with E-state index in [1.54, 1.807) is 20.8 Å². The Morgan fingerprint density at radius 3 is 2.23 bits per heavy atom. The predicted molar refractivity (Wildman–Crippen MR) is 79.1 cm³/mol. The molecule has 0 spiro atoms. The standard InChI is InChI=1S/C15H20FN3O3/c1-9(17-14(22)15(2,3)4)12(20)18-19-13(21)10-7-5-6-8-11(10)16/h5-9H,1-4H3,(H,17,22)(H,18,20)(H,19,21). The highest BCUT2D eigenvalue weighted by molar-refractivity contribution is 5.96. The zero-order valence-corrected chi connectivity index (χ0v) is 13.0. The first-order valence-corrected chi connectivity index (χ1v) is 6.78. The van der Waals surface area contributed by atoms with Crippen molar-refractivity contribution in [3.05, 3.63) is 35.6 Å². The first-order chi connectivity index (χ1) is 10.1. The van der Waals surface area contributed by atoms with Gasteiger partial charge in [0.15, 0.2) is 0 Å². The van der Waals surface area contributed by atoms with Crippen LogP contribution in [0, 0.1) is 11.2 Å². The highest BCUT2D eigenvalue weighted by Gasteiger charge is 2.25. The molecule has 0 radical (unpaired) electrons. The van der Waals surface area contributed by atoms with Gasteiger partial charge in [0, 0.05) is 5.41 Å². The van der Waals surface area contributed by atoms with E-state index in [0.717, 1.165) is 6.07 Å². The number of nitrogens with one attached hydrogen (secondary N) is 3. The Kier molecular flexibility index (Phi) is 5.62. The molecule has 22 heavy (non-hydrogen) atoms. The number of carbonyl (C=O) groups excluding carboxylic acids is 3. The maximum Gasteiger partial charge on any atom is 0.272 e. The summed E-state index contributed by atoms with van der Waals surface area (Å²) in [7, 11) is 0. The van der Waals surface area contributed by atoms with Crippen molar-refractivity contribution in [1.29, 1.82) is 0 Å². The van der Waals surface area contributed by atoms with Crippen molar-refractivity contribution in [1.82, 2.24) is 16.2 Å². The average Bonchev–Trinajstić information content (AvgIpc) is 2.43. The van der Waals surface area contributed by atoms with Gasteiger partial charge >= 0.3 is 0 Å². The Hall–Kier alpha value is -2.44. The van der Waals surface area contributed by atoms with E-state index in [9.17, 15) is 18.8 Å². The Bertz CT molecular complexity index is 582. The van der Waals surface area contributed by atoms with E-state index in [1.807, 2.05) is 0 Å². The molecular formula is C15H20FN3O3. The van der Waals surface area contributed by atoms with Gasteiger partial charge in [-0.3, -0.25) is 25.2 Å². The monoisotopic (exact) mass is 309 g/mol. The van der Waals surface area contributed by atoms with Gasteiger partial charge in [0.2, 0.25) is 5.91 Å². The maximum absolute atomic E-state index is 13.4. The Balaban J connectivity index is 2.54. The molecule has 0 aromatic heterocycles. The van der Waals surface area contributed by atoms with Gasteiger partial charge in [0.25, 0.3) is 11.8 Å². The van der Waals surface area contributed by atoms with Crippen LogP contribution in [-0.4, -0.2) is 23.8 Å². The fourth-order valence-corrected chi connectivity index (χ4v) is 1.42. The molecule has 0 aliphatic rings. The smallest absolute Gasteiger partial charge is 0.272 e. The van der Waals surface area contributed by atoms with E-state index >= 15 is 0 Å². The molecule has 1 unspecified atom stereocenters. The van der Waals surface area contributed by atoms with Gasteiger partial charge in [-0.25, -0.2) is 4.39 Å².